The number of pyridine rings is 1. The zero-order valence-corrected chi connectivity index (χ0v) is 15.7. The average molecular weight is 358 g/mol. The Kier molecular flexibility index (Phi) is 6.68. The van der Waals surface area contributed by atoms with Gasteiger partial charge < -0.3 is 20.0 Å². The summed E-state index contributed by atoms with van der Waals surface area (Å²) in [7, 11) is 0. The second-order valence-corrected chi connectivity index (χ2v) is 6.74. The molecular formula is C19H30N6O. The minimum Gasteiger partial charge on any atom is -0.357 e. The first-order valence-electron chi connectivity index (χ1n) is 9.75. The molecule has 2 fully saturated rings. The van der Waals surface area contributed by atoms with Crippen LogP contribution in [-0.4, -0.2) is 79.0 Å². The van der Waals surface area contributed by atoms with Crippen LogP contribution in [0.1, 0.15) is 26.2 Å². The number of rotatable bonds is 5. The highest BCUT2D eigenvalue weighted by atomic mass is 16.2. The van der Waals surface area contributed by atoms with Gasteiger partial charge in [0.2, 0.25) is 5.91 Å². The molecule has 3 heterocycles. The van der Waals surface area contributed by atoms with Crippen molar-refractivity contribution in [2.75, 3.05) is 57.3 Å². The van der Waals surface area contributed by atoms with E-state index in [1.807, 2.05) is 23.2 Å². The summed E-state index contributed by atoms with van der Waals surface area (Å²) in [6, 6.07) is 6.02. The lowest BCUT2D eigenvalue weighted by atomic mass is 10.3. The van der Waals surface area contributed by atoms with E-state index in [2.05, 4.69) is 33.1 Å². The number of carbonyl (C=O) groups excluding carboxylic acids is 1. The molecule has 26 heavy (non-hydrogen) atoms. The smallest absolute Gasteiger partial charge is 0.224 e. The second-order valence-electron chi connectivity index (χ2n) is 6.74. The summed E-state index contributed by atoms with van der Waals surface area (Å²) in [6.45, 7) is 8.95. The van der Waals surface area contributed by atoms with Gasteiger partial charge in [-0.15, -0.1) is 0 Å². The lowest BCUT2D eigenvalue weighted by molar-refractivity contribution is -0.129. The number of aromatic nitrogens is 1. The second kappa shape index (κ2) is 9.40. The fraction of sp³-hybridized carbons (Fsp3) is 0.632. The van der Waals surface area contributed by atoms with Gasteiger partial charge in [-0.2, -0.15) is 0 Å². The Morgan fingerprint density at radius 3 is 2.54 bits per heavy atom. The molecule has 2 aliphatic heterocycles. The number of hydrogen-bond donors (Lipinski definition) is 1. The highest BCUT2D eigenvalue weighted by Gasteiger charge is 2.21. The van der Waals surface area contributed by atoms with Gasteiger partial charge in [-0.25, -0.2) is 4.98 Å². The first kappa shape index (κ1) is 18.5. The lowest BCUT2D eigenvalue weighted by Gasteiger charge is -2.37. The molecule has 1 amide bonds. The Morgan fingerprint density at radius 2 is 1.88 bits per heavy atom. The highest BCUT2D eigenvalue weighted by Crippen LogP contribution is 2.13. The van der Waals surface area contributed by atoms with Gasteiger partial charge in [-0.1, -0.05) is 6.07 Å². The first-order valence-corrected chi connectivity index (χ1v) is 9.75. The molecule has 0 spiro atoms. The number of likely N-dealkylation sites (tertiary alicyclic amines) is 1. The molecule has 0 aromatic carbocycles. The molecule has 0 atom stereocenters. The lowest BCUT2D eigenvalue weighted by Crippen LogP contribution is -2.52. The van der Waals surface area contributed by atoms with Crippen molar-refractivity contribution in [3.63, 3.8) is 0 Å². The van der Waals surface area contributed by atoms with Gasteiger partial charge >= 0.3 is 0 Å². The molecule has 0 saturated carbocycles. The summed E-state index contributed by atoms with van der Waals surface area (Å²) in [5, 5.41) is 3.37. The van der Waals surface area contributed by atoms with E-state index in [9.17, 15) is 4.79 Å². The van der Waals surface area contributed by atoms with Gasteiger partial charge in [0.05, 0.1) is 6.54 Å². The van der Waals surface area contributed by atoms with Crippen LogP contribution in [0.5, 0.6) is 0 Å². The quantitative estimate of drug-likeness (QED) is 0.633. The Morgan fingerprint density at radius 1 is 1.12 bits per heavy atom. The van der Waals surface area contributed by atoms with Crippen molar-refractivity contribution < 1.29 is 4.79 Å². The third kappa shape index (κ3) is 4.86. The van der Waals surface area contributed by atoms with Gasteiger partial charge in [0.25, 0.3) is 0 Å². The Labute approximate surface area is 156 Å². The Hall–Kier alpha value is -2.31. The zero-order valence-electron chi connectivity index (χ0n) is 15.7. The molecule has 7 nitrogen and oxygen atoms in total. The number of piperazine rings is 1. The van der Waals surface area contributed by atoms with Crippen LogP contribution in [0.2, 0.25) is 0 Å². The van der Waals surface area contributed by atoms with Gasteiger partial charge in [0, 0.05) is 58.4 Å². The van der Waals surface area contributed by atoms with E-state index in [0.29, 0.717) is 13.0 Å². The average Bonchev–Trinajstić information content (AvgIpc) is 3.23. The number of nitrogens with one attached hydrogen (secondary N) is 1. The summed E-state index contributed by atoms with van der Waals surface area (Å²) in [4.78, 5) is 27.9. The number of hydrogen-bond acceptors (Lipinski definition) is 4. The van der Waals surface area contributed by atoms with Gasteiger partial charge in [-0.3, -0.25) is 9.79 Å². The zero-order chi connectivity index (χ0) is 18.2. The van der Waals surface area contributed by atoms with E-state index >= 15 is 0 Å². The van der Waals surface area contributed by atoms with Crippen LogP contribution in [0.25, 0.3) is 0 Å². The van der Waals surface area contributed by atoms with E-state index in [1.165, 1.54) is 0 Å². The maximum atomic E-state index is 12.2. The van der Waals surface area contributed by atoms with Crippen molar-refractivity contribution in [2.24, 2.45) is 4.99 Å². The molecule has 0 aliphatic carbocycles. The van der Waals surface area contributed by atoms with Crippen molar-refractivity contribution in [2.45, 2.75) is 26.2 Å². The number of guanidine groups is 1. The molecule has 3 rings (SSSR count). The summed E-state index contributed by atoms with van der Waals surface area (Å²) in [5.74, 6) is 2.19. The van der Waals surface area contributed by atoms with Crippen LogP contribution in [-0.2, 0) is 4.79 Å². The molecule has 0 bridgehead atoms. The fourth-order valence-corrected chi connectivity index (χ4v) is 3.50. The predicted octanol–water partition coefficient (Wildman–Crippen LogP) is 1.18. The molecular weight excluding hydrogens is 328 g/mol. The van der Waals surface area contributed by atoms with Crippen LogP contribution in [0.15, 0.2) is 29.4 Å². The number of amides is 1. The van der Waals surface area contributed by atoms with Crippen LogP contribution >= 0.6 is 0 Å². The molecule has 1 aromatic rings. The maximum Gasteiger partial charge on any atom is 0.224 e. The highest BCUT2D eigenvalue weighted by molar-refractivity contribution is 5.81. The molecule has 1 N–H and O–H groups in total. The Bertz CT molecular complexity index is 591. The summed E-state index contributed by atoms with van der Waals surface area (Å²) in [6.07, 6.45) is 4.61. The van der Waals surface area contributed by atoms with E-state index in [4.69, 9.17) is 4.99 Å². The summed E-state index contributed by atoms with van der Waals surface area (Å²) < 4.78 is 0. The standard InChI is InChI=1S/C19H30N6O/c1-2-20-19(22-10-8-18(26)24-11-5-6-12-24)25-15-13-23(14-16-25)17-7-3-4-9-21-17/h3-4,7,9H,2,5-6,8,10-16H2,1H3,(H,20,22). The molecule has 7 heteroatoms. The molecule has 0 radical (unpaired) electrons. The third-order valence-electron chi connectivity index (χ3n) is 4.93. The van der Waals surface area contributed by atoms with Crippen molar-refractivity contribution in [1.29, 1.82) is 0 Å². The van der Waals surface area contributed by atoms with Crippen molar-refractivity contribution >= 4 is 17.7 Å². The van der Waals surface area contributed by atoms with Gasteiger partial charge in [-0.05, 0) is 31.9 Å². The maximum absolute atomic E-state index is 12.2. The largest absolute Gasteiger partial charge is 0.357 e. The minimum atomic E-state index is 0.238. The summed E-state index contributed by atoms with van der Waals surface area (Å²) >= 11 is 0. The summed E-state index contributed by atoms with van der Waals surface area (Å²) in [5.41, 5.74) is 0. The van der Waals surface area contributed by atoms with Crippen molar-refractivity contribution in [3.05, 3.63) is 24.4 Å². The number of carbonyl (C=O) groups is 1. The van der Waals surface area contributed by atoms with Crippen LogP contribution in [0.4, 0.5) is 5.82 Å². The molecule has 1 aromatic heterocycles. The van der Waals surface area contributed by atoms with E-state index in [0.717, 1.165) is 70.4 Å². The van der Waals surface area contributed by atoms with Crippen molar-refractivity contribution in [1.82, 2.24) is 20.1 Å². The topological polar surface area (TPSA) is 64.1 Å². The van der Waals surface area contributed by atoms with Gasteiger partial charge in [0.15, 0.2) is 5.96 Å². The predicted molar refractivity (Wildman–Crippen MR) is 104 cm³/mol. The van der Waals surface area contributed by atoms with E-state index < -0.39 is 0 Å². The van der Waals surface area contributed by atoms with Crippen LogP contribution in [0, 0.1) is 0 Å². The number of aliphatic imine (C=N–C) groups is 1. The third-order valence-corrected chi connectivity index (χ3v) is 4.93. The number of anilines is 1. The fourth-order valence-electron chi connectivity index (χ4n) is 3.50. The Balaban J connectivity index is 1.50. The molecule has 0 unspecified atom stereocenters. The van der Waals surface area contributed by atoms with E-state index in [1.54, 1.807) is 0 Å². The molecule has 2 saturated heterocycles. The van der Waals surface area contributed by atoms with Crippen molar-refractivity contribution in [3.8, 4) is 0 Å². The van der Waals surface area contributed by atoms with Gasteiger partial charge in [0.1, 0.15) is 5.82 Å². The van der Waals surface area contributed by atoms with Crippen LogP contribution in [0.3, 0.4) is 0 Å². The molecule has 2 aliphatic rings. The minimum absolute atomic E-state index is 0.238. The number of nitrogens with zero attached hydrogens (tertiary/aromatic N) is 5. The normalized spacial score (nSPS) is 18.3. The van der Waals surface area contributed by atoms with Crippen LogP contribution < -0.4 is 10.2 Å². The SMILES string of the molecule is CCNC(=NCCC(=O)N1CCCC1)N1CCN(c2ccccn2)CC1. The molecule has 142 valence electrons. The monoisotopic (exact) mass is 358 g/mol. The first-order chi connectivity index (χ1) is 12.8. The van der Waals surface area contributed by atoms with E-state index in [-0.39, 0.29) is 5.91 Å².